The number of carbonyl (C=O) groups is 3. The van der Waals surface area contributed by atoms with Gasteiger partial charge in [-0.3, -0.25) is 14.4 Å². The van der Waals surface area contributed by atoms with Gasteiger partial charge >= 0.3 is 6.18 Å². The van der Waals surface area contributed by atoms with Gasteiger partial charge in [-0.2, -0.15) is 13.2 Å². The van der Waals surface area contributed by atoms with Gasteiger partial charge in [0.25, 0.3) is 17.7 Å². The number of halogens is 3. The van der Waals surface area contributed by atoms with E-state index in [0.29, 0.717) is 51.8 Å². The molecule has 4 N–H and O–H groups in total. The van der Waals surface area contributed by atoms with Crippen LogP contribution in [-0.4, -0.2) is 54.8 Å². The van der Waals surface area contributed by atoms with Gasteiger partial charge in [0.05, 0.1) is 22.4 Å². The van der Waals surface area contributed by atoms with Crippen molar-refractivity contribution in [3.05, 3.63) is 106 Å². The lowest BCUT2D eigenvalue weighted by Gasteiger charge is -2.17. The SMILES string of the molecule is CNCCCN(C)C(=O)c1c(C)[nH]c(C=C2C(=O)Nc3cc(Oc4cccc(NC(=O)c5cccc(C(F)(F)F)c5)c4)ccc32)c1C. The van der Waals surface area contributed by atoms with Crippen LogP contribution in [0.25, 0.3) is 11.6 Å². The number of nitrogens with zero attached hydrogens (tertiary/aromatic N) is 1. The van der Waals surface area contributed by atoms with Crippen LogP contribution < -0.4 is 20.7 Å². The third-order valence-corrected chi connectivity index (χ3v) is 7.80. The molecule has 0 bridgehead atoms. The lowest BCUT2D eigenvalue weighted by Crippen LogP contribution is -2.30. The fourth-order valence-corrected chi connectivity index (χ4v) is 5.36. The number of ether oxygens (including phenoxy) is 1. The minimum absolute atomic E-state index is 0.0886. The molecule has 12 heteroatoms. The highest BCUT2D eigenvalue weighted by Gasteiger charge is 2.31. The molecule has 2 heterocycles. The molecule has 0 radical (unpaired) electrons. The first kappa shape index (κ1) is 33.0. The molecular weight excluding hydrogens is 611 g/mol. The third-order valence-electron chi connectivity index (χ3n) is 7.80. The Hall–Kier alpha value is -5.36. The van der Waals surface area contributed by atoms with Crippen LogP contribution in [-0.2, 0) is 11.0 Å². The quantitative estimate of drug-likeness (QED) is 0.111. The number of aromatic nitrogens is 1. The second kappa shape index (κ2) is 13.6. The molecule has 0 saturated heterocycles. The average Bonchev–Trinajstić information content (AvgIpc) is 3.49. The van der Waals surface area contributed by atoms with Crippen LogP contribution in [0.2, 0.25) is 0 Å². The van der Waals surface area contributed by atoms with E-state index in [0.717, 1.165) is 36.4 Å². The van der Waals surface area contributed by atoms with Crippen LogP contribution >= 0.6 is 0 Å². The molecule has 3 aromatic carbocycles. The van der Waals surface area contributed by atoms with Crippen LogP contribution in [0.5, 0.6) is 11.5 Å². The molecule has 0 unspecified atom stereocenters. The highest BCUT2D eigenvalue weighted by atomic mass is 19.4. The van der Waals surface area contributed by atoms with Crippen molar-refractivity contribution in [1.29, 1.82) is 0 Å². The van der Waals surface area contributed by atoms with Crippen molar-refractivity contribution in [3.8, 4) is 11.5 Å². The summed E-state index contributed by atoms with van der Waals surface area (Å²) in [7, 11) is 3.64. The molecule has 0 atom stereocenters. The number of rotatable bonds is 10. The number of H-pyrrole nitrogens is 1. The van der Waals surface area contributed by atoms with Gasteiger partial charge in [-0.25, -0.2) is 0 Å². The summed E-state index contributed by atoms with van der Waals surface area (Å²) in [4.78, 5) is 43.8. The van der Waals surface area contributed by atoms with Crippen molar-refractivity contribution in [1.82, 2.24) is 15.2 Å². The Morgan fingerprint density at radius 1 is 1.00 bits per heavy atom. The Bertz CT molecular complexity index is 1880. The third kappa shape index (κ3) is 7.39. The van der Waals surface area contributed by atoms with E-state index in [2.05, 4.69) is 20.9 Å². The number of hydrogen-bond acceptors (Lipinski definition) is 5. The smallest absolute Gasteiger partial charge is 0.416 e. The molecule has 0 aliphatic carbocycles. The summed E-state index contributed by atoms with van der Waals surface area (Å²) >= 11 is 0. The Morgan fingerprint density at radius 3 is 2.49 bits per heavy atom. The Kier molecular flexibility index (Phi) is 9.52. The van der Waals surface area contributed by atoms with Crippen LogP contribution in [0.1, 0.15) is 55.2 Å². The molecule has 1 aliphatic heterocycles. The van der Waals surface area contributed by atoms with Crippen LogP contribution in [0.3, 0.4) is 0 Å². The minimum atomic E-state index is -4.57. The maximum Gasteiger partial charge on any atom is 0.416 e. The first-order valence-electron chi connectivity index (χ1n) is 14.9. The number of nitrogens with one attached hydrogen (secondary N) is 4. The second-order valence-electron chi connectivity index (χ2n) is 11.2. The normalized spacial score (nSPS) is 13.3. The van der Waals surface area contributed by atoms with Crippen LogP contribution in [0.15, 0.2) is 66.7 Å². The molecule has 0 fully saturated rings. The zero-order valence-corrected chi connectivity index (χ0v) is 26.3. The van der Waals surface area contributed by atoms with Gasteiger partial charge in [-0.05, 0) is 88.0 Å². The van der Waals surface area contributed by atoms with Crippen molar-refractivity contribution >= 4 is 40.7 Å². The Morgan fingerprint density at radius 2 is 1.74 bits per heavy atom. The summed E-state index contributed by atoms with van der Waals surface area (Å²) in [6, 6.07) is 15.7. The topological polar surface area (TPSA) is 116 Å². The number of benzene rings is 3. The fraction of sp³-hybridized carbons (Fsp3) is 0.229. The molecule has 0 saturated carbocycles. The summed E-state index contributed by atoms with van der Waals surface area (Å²) < 4.78 is 45.2. The van der Waals surface area contributed by atoms with E-state index in [-0.39, 0.29) is 17.4 Å². The number of aryl methyl sites for hydroxylation is 1. The van der Waals surface area contributed by atoms with Gasteiger partial charge in [-0.1, -0.05) is 12.1 Å². The monoisotopic (exact) mass is 645 g/mol. The van der Waals surface area contributed by atoms with Crippen molar-refractivity contribution in [2.75, 3.05) is 37.8 Å². The molecule has 1 aliphatic rings. The molecule has 4 aromatic rings. The van der Waals surface area contributed by atoms with Gasteiger partial charge in [-0.15, -0.1) is 0 Å². The van der Waals surface area contributed by atoms with Crippen molar-refractivity contribution in [3.63, 3.8) is 0 Å². The van der Waals surface area contributed by atoms with Crippen molar-refractivity contribution in [2.45, 2.75) is 26.4 Å². The Balaban J connectivity index is 1.31. The minimum Gasteiger partial charge on any atom is -0.457 e. The maximum absolute atomic E-state index is 13.2. The highest BCUT2D eigenvalue weighted by molar-refractivity contribution is 6.35. The molecule has 47 heavy (non-hydrogen) atoms. The van der Waals surface area contributed by atoms with Gasteiger partial charge in [0, 0.05) is 53.9 Å². The van der Waals surface area contributed by atoms with Gasteiger partial charge in [0.15, 0.2) is 0 Å². The zero-order valence-electron chi connectivity index (χ0n) is 26.3. The molecule has 0 spiro atoms. The van der Waals surface area contributed by atoms with Gasteiger partial charge in [0.1, 0.15) is 11.5 Å². The maximum atomic E-state index is 13.2. The largest absolute Gasteiger partial charge is 0.457 e. The molecule has 1 aromatic heterocycles. The van der Waals surface area contributed by atoms with Crippen LogP contribution in [0.4, 0.5) is 24.5 Å². The van der Waals surface area contributed by atoms with E-state index >= 15 is 0 Å². The molecule has 5 rings (SSSR count). The first-order chi connectivity index (χ1) is 22.3. The fourth-order valence-electron chi connectivity index (χ4n) is 5.36. The Labute approximate surface area is 269 Å². The van der Waals surface area contributed by atoms with E-state index in [4.69, 9.17) is 4.74 Å². The lowest BCUT2D eigenvalue weighted by atomic mass is 10.0. The van der Waals surface area contributed by atoms with Crippen molar-refractivity contribution < 1.29 is 32.3 Å². The number of fused-ring (bicyclic) bond motifs is 1. The van der Waals surface area contributed by atoms with E-state index in [1.807, 2.05) is 20.9 Å². The molecule has 3 amide bonds. The predicted molar refractivity (Wildman–Crippen MR) is 175 cm³/mol. The highest BCUT2D eigenvalue weighted by Crippen LogP contribution is 2.38. The number of alkyl halides is 3. The predicted octanol–water partition coefficient (Wildman–Crippen LogP) is 6.87. The molecular formula is C35H34F3N5O4. The first-order valence-corrected chi connectivity index (χ1v) is 14.9. The second-order valence-corrected chi connectivity index (χ2v) is 11.2. The number of amides is 3. The van der Waals surface area contributed by atoms with Gasteiger partial charge in [0.2, 0.25) is 0 Å². The standard InChI is InChI=1S/C35H34F3N5O4/c1-20-29(40-21(2)31(20)34(46)43(4)15-7-14-39-3)19-28-27-13-12-26(18-30(27)42-33(28)45)47-25-11-6-10-24(17-25)41-32(44)22-8-5-9-23(16-22)35(36,37)38/h5-6,8-13,16-19,39-40H,7,14-15H2,1-4H3,(H,41,44)(H,42,45). The van der Waals surface area contributed by atoms with E-state index in [1.54, 1.807) is 54.4 Å². The summed E-state index contributed by atoms with van der Waals surface area (Å²) in [6.07, 6.45) is -2.01. The van der Waals surface area contributed by atoms with E-state index in [1.165, 1.54) is 18.2 Å². The lowest BCUT2D eigenvalue weighted by molar-refractivity contribution is -0.137. The molecule has 244 valence electrons. The van der Waals surface area contributed by atoms with Crippen LogP contribution in [0, 0.1) is 13.8 Å². The summed E-state index contributed by atoms with van der Waals surface area (Å²) in [5.41, 5.74) is 3.61. The van der Waals surface area contributed by atoms with Crippen molar-refractivity contribution in [2.24, 2.45) is 0 Å². The summed E-state index contributed by atoms with van der Waals surface area (Å²) in [5, 5.41) is 8.53. The van der Waals surface area contributed by atoms with Gasteiger partial charge < -0.3 is 30.6 Å². The van der Waals surface area contributed by atoms with E-state index in [9.17, 15) is 27.6 Å². The summed E-state index contributed by atoms with van der Waals surface area (Å²) in [5.74, 6) is -0.326. The van der Waals surface area contributed by atoms with E-state index < -0.39 is 17.6 Å². The number of anilines is 2. The number of carbonyl (C=O) groups excluding carboxylic acids is 3. The number of hydrogen-bond donors (Lipinski definition) is 4. The summed E-state index contributed by atoms with van der Waals surface area (Å²) in [6.45, 7) is 5.10. The zero-order chi connectivity index (χ0) is 33.9. The average molecular weight is 646 g/mol. The number of aromatic amines is 1. The molecule has 9 nitrogen and oxygen atoms in total.